The highest BCUT2D eigenvalue weighted by Gasteiger charge is 2.21. The van der Waals surface area contributed by atoms with Gasteiger partial charge in [-0.2, -0.15) is 0 Å². The number of para-hydroxylation sites is 1. The molecule has 0 bridgehead atoms. The summed E-state index contributed by atoms with van der Waals surface area (Å²) < 4.78 is 8.27. The standard InChI is InChI=1S/C27H36N4O2S/c1-7-21-10-8-9-11-24(21)28-25(32)17-34-27-30-29-26(31(27)16-18(2)3)20(6)33-23-14-12-22(13-15-23)19(4)5/h8-15,18-20H,7,16-17H2,1-6H3,(H,28,32). The summed E-state index contributed by atoms with van der Waals surface area (Å²) in [7, 11) is 0. The predicted molar refractivity (Wildman–Crippen MR) is 140 cm³/mol. The zero-order valence-corrected chi connectivity index (χ0v) is 21.9. The van der Waals surface area contributed by atoms with Gasteiger partial charge in [-0.15, -0.1) is 10.2 Å². The first-order valence-corrected chi connectivity index (χ1v) is 13.0. The molecule has 0 fully saturated rings. The Morgan fingerprint density at radius 1 is 1.03 bits per heavy atom. The zero-order valence-electron chi connectivity index (χ0n) is 21.0. The lowest BCUT2D eigenvalue weighted by Crippen LogP contribution is -2.17. The SMILES string of the molecule is CCc1ccccc1NC(=O)CSc1nnc(C(C)Oc2ccc(C(C)C)cc2)n1CC(C)C. The van der Waals surface area contributed by atoms with Crippen LogP contribution in [0.2, 0.25) is 0 Å². The van der Waals surface area contributed by atoms with E-state index in [0.717, 1.165) is 40.9 Å². The van der Waals surface area contributed by atoms with Gasteiger partial charge < -0.3 is 14.6 Å². The number of carbonyl (C=O) groups excluding carboxylic acids is 1. The fourth-order valence-electron chi connectivity index (χ4n) is 3.70. The second-order valence-electron chi connectivity index (χ2n) is 9.18. The number of thioether (sulfide) groups is 1. The summed E-state index contributed by atoms with van der Waals surface area (Å²) >= 11 is 1.40. The van der Waals surface area contributed by atoms with Crippen molar-refractivity contribution in [3.63, 3.8) is 0 Å². The Kier molecular flexibility index (Phi) is 9.16. The monoisotopic (exact) mass is 480 g/mol. The molecule has 182 valence electrons. The number of benzene rings is 2. The van der Waals surface area contributed by atoms with Crippen LogP contribution in [-0.4, -0.2) is 26.4 Å². The molecule has 3 rings (SSSR count). The first-order chi connectivity index (χ1) is 16.3. The van der Waals surface area contributed by atoms with E-state index >= 15 is 0 Å². The van der Waals surface area contributed by atoms with E-state index in [2.05, 4.69) is 66.8 Å². The first kappa shape index (κ1) is 25.8. The van der Waals surface area contributed by atoms with Crippen LogP contribution >= 0.6 is 11.8 Å². The summed E-state index contributed by atoms with van der Waals surface area (Å²) in [5, 5.41) is 12.6. The normalized spacial score (nSPS) is 12.2. The highest BCUT2D eigenvalue weighted by molar-refractivity contribution is 7.99. The molecule has 1 heterocycles. The molecule has 0 aliphatic carbocycles. The zero-order chi connectivity index (χ0) is 24.7. The number of hydrogen-bond acceptors (Lipinski definition) is 5. The molecular formula is C27H36N4O2S. The van der Waals surface area contributed by atoms with E-state index in [1.807, 2.05) is 43.3 Å². The Labute approximate surface area is 207 Å². The van der Waals surface area contributed by atoms with Gasteiger partial charge in [0.05, 0.1) is 5.75 Å². The third-order valence-electron chi connectivity index (χ3n) is 5.52. The molecule has 3 aromatic rings. The number of amides is 1. The number of rotatable bonds is 11. The molecule has 1 N–H and O–H groups in total. The fraction of sp³-hybridized carbons (Fsp3) is 0.444. The van der Waals surface area contributed by atoms with E-state index in [0.29, 0.717) is 11.8 Å². The van der Waals surface area contributed by atoms with E-state index in [1.165, 1.54) is 17.3 Å². The number of nitrogens with one attached hydrogen (secondary N) is 1. The van der Waals surface area contributed by atoms with E-state index in [-0.39, 0.29) is 17.8 Å². The average Bonchev–Trinajstić information content (AvgIpc) is 3.20. The maximum absolute atomic E-state index is 12.6. The predicted octanol–water partition coefficient (Wildman–Crippen LogP) is 6.49. The number of nitrogens with zero attached hydrogens (tertiary/aromatic N) is 3. The maximum Gasteiger partial charge on any atom is 0.234 e. The lowest BCUT2D eigenvalue weighted by Gasteiger charge is -2.18. The Hall–Kier alpha value is -2.80. The van der Waals surface area contributed by atoms with Crippen molar-refractivity contribution >= 4 is 23.4 Å². The minimum Gasteiger partial charge on any atom is -0.483 e. The molecule has 0 saturated carbocycles. The number of aromatic nitrogens is 3. The van der Waals surface area contributed by atoms with E-state index in [9.17, 15) is 4.79 Å². The second kappa shape index (κ2) is 12.1. The molecule has 0 saturated heterocycles. The Morgan fingerprint density at radius 2 is 1.74 bits per heavy atom. The molecule has 7 heteroatoms. The smallest absolute Gasteiger partial charge is 0.234 e. The van der Waals surface area contributed by atoms with E-state index in [1.54, 1.807) is 0 Å². The van der Waals surface area contributed by atoms with E-state index in [4.69, 9.17) is 4.74 Å². The van der Waals surface area contributed by atoms with Crippen LogP contribution in [0.5, 0.6) is 5.75 Å². The highest BCUT2D eigenvalue weighted by Crippen LogP contribution is 2.27. The second-order valence-corrected chi connectivity index (χ2v) is 10.1. The summed E-state index contributed by atoms with van der Waals surface area (Å²) in [4.78, 5) is 12.6. The van der Waals surface area contributed by atoms with Gasteiger partial charge in [0, 0.05) is 12.2 Å². The van der Waals surface area contributed by atoms with Gasteiger partial charge in [0.2, 0.25) is 5.91 Å². The number of carbonyl (C=O) groups is 1. The van der Waals surface area contributed by atoms with Crippen molar-refractivity contribution < 1.29 is 9.53 Å². The summed E-state index contributed by atoms with van der Waals surface area (Å²) in [5.74, 6) is 2.66. The Balaban J connectivity index is 1.69. The quantitative estimate of drug-likeness (QED) is 0.318. The topological polar surface area (TPSA) is 69.0 Å². The fourth-order valence-corrected chi connectivity index (χ4v) is 4.45. The van der Waals surface area contributed by atoms with Gasteiger partial charge in [-0.1, -0.05) is 76.7 Å². The molecule has 2 aromatic carbocycles. The molecule has 0 aliphatic rings. The number of hydrogen-bond donors (Lipinski definition) is 1. The van der Waals surface area contributed by atoms with Gasteiger partial charge in [-0.05, 0) is 54.5 Å². The largest absolute Gasteiger partial charge is 0.483 e. The summed E-state index contributed by atoms with van der Waals surface area (Å²) in [5.41, 5.74) is 3.27. The molecular weight excluding hydrogens is 444 g/mol. The third kappa shape index (κ3) is 6.86. The molecule has 1 aromatic heterocycles. The highest BCUT2D eigenvalue weighted by atomic mass is 32.2. The van der Waals surface area contributed by atoms with Gasteiger partial charge in [0.15, 0.2) is 17.1 Å². The van der Waals surface area contributed by atoms with Gasteiger partial charge >= 0.3 is 0 Å². The van der Waals surface area contributed by atoms with Crippen molar-refractivity contribution in [3.05, 3.63) is 65.5 Å². The van der Waals surface area contributed by atoms with Gasteiger partial charge in [-0.25, -0.2) is 0 Å². The van der Waals surface area contributed by atoms with Crippen LogP contribution < -0.4 is 10.1 Å². The number of anilines is 1. The lowest BCUT2D eigenvalue weighted by molar-refractivity contribution is -0.113. The molecule has 1 unspecified atom stereocenters. The molecule has 0 radical (unpaired) electrons. The third-order valence-corrected chi connectivity index (χ3v) is 6.49. The maximum atomic E-state index is 12.6. The van der Waals surface area contributed by atoms with Crippen molar-refractivity contribution in [2.24, 2.45) is 5.92 Å². The molecule has 6 nitrogen and oxygen atoms in total. The first-order valence-electron chi connectivity index (χ1n) is 12.0. The lowest BCUT2D eigenvalue weighted by atomic mass is 10.0. The summed E-state index contributed by atoms with van der Waals surface area (Å²) in [6, 6.07) is 16.1. The van der Waals surface area contributed by atoms with Crippen molar-refractivity contribution in [2.75, 3.05) is 11.1 Å². The molecule has 1 atom stereocenters. The van der Waals surface area contributed by atoms with Gasteiger partial charge in [0.25, 0.3) is 0 Å². The van der Waals surface area contributed by atoms with Gasteiger partial charge in [0.1, 0.15) is 5.75 Å². The van der Waals surface area contributed by atoms with Crippen LogP contribution in [0.15, 0.2) is 53.7 Å². The van der Waals surface area contributed by atoms with Gasteiger partial charge in [-0.3, -0.25) is 4.79 Å². The summed E-state index contributed by atoms with van der Waals surface area (Å²) in [6.07, 6.45) is 0.601. The number of ether oxygens (including phenoxy) is 1. The molecule has 34 heavy (non-hydrogen) atoms. The van der Waals surface area contributed by atoms with Crippen LogP contribution in [0, 0.1) is 5.92 Å². The van der Waals surface area contributed by atoms with Crippen molar-refractivity contribution in [1.82, 2.24) is 14.8 Å². The molecule has 0 aliphatic heterocycles. The molecule has 0 spiro atoms. The van der Waals surface area contributed by atoms with Crippen molar-refractivity contribution in [1.29, 1.82) is 0 Å². The van der Waals surface area contributed by atoms with Crippen LogP contribution in [0.3, 0.4) is 0 Å². The Bertz CT molecular complexity index is 1080. The van der Waals surface area contributed by atoms with Crippen LogP contribution in [0.4, 0.5) is 5.69 Å². The van der Waals surface area contributed by atoms with Crippen LogP contribution in [0.25, 0.3) is 0 Å². The van der Waals surface area contributed by atoms with E-state index < -0.39 is 0 Å². The van der Waals surface area contributed by atoms with Crippen LogP contribution in [-0.2, 0) is 17.8 Å². The van der Waals surface area contributed by atoms with Crippen molar-refractivity contribution in [3.8, 4) is 5.75 Å². The van der Waals surface area contributed by atoms with Crippen LogP contribution in [0.1, 0.15) is 70.5 Å². The average molecular weight is 481 g/mol. The summed E-state index contributed by atoms with van der Waals surface area (Å²) in [6.45, 7) is 13.5. The Morgan fingerprint density at radius 3 is 2.38 bits per heavy atom. The van der Waals surface area contributed by atoms with Crippen molar-refractivity contribution in [2.45, 2.75) is 71.7 Å². The minimum absolute atomic E-state index is 0.0545. The number of aryl methyl sites for hydroxylation is 1. The molecule has 1 amide bonds. The minimum atomic E-state index is -0.268.